The second kappa shape index (κ2) is 3.91. The van der Waals surface area contributed by atoms with Crippen molar-refractivity contribution in [2.45, 2.75) is 31.3 Å². The van der Waals surface area contributed by atoms with Crippen molar-refractivity contribution < 1.29 is 24.5 Å². The third kappa shape index (κ3) is 1.62. The van der Waals surface area contributed by atoms with Crippen LogP contribution in [-0.2, 0) is 14.3 Å². The van der Waals surface area contributed by atoms with Crippen LogP contribution in [0.1, 0.15) is 13.3 Å². The molecule has 3 rings (SSSR count). The average molecular weight is 252 g/mol. The average Bonchev–Trinajstić information content (AvgIpc) is 2.81. The molecule has 0 bridgehead atoms. The summed E-state index contributed by atoms with van der Waals surface area (Å²) >= 11 is 0. The normalized spacial score (nSPS) is 43.8. The van der Waals surface area contributed by atoms with Crippen LogP contribution in [0.3, 0.4) is 0 Å². The van der Waals surface area contributed by atoms with Gasteiger partial charge in [0.2, 0.25) is 0 Å². The molecule has 0 aromatic carbocycles. The highest BCUT2D eigenvalue weighted by molar-refractivity contribution is 5.93. The van der Waals surface area contributed by atoms with Crippen molar-refractivity contribution in [3.05, 3.63) is 23.8 Å². The summed E-state index contributed by atoms with van der Waals surface area (Å²) in [6, 6.07) is 0. The molecule has 0 unspecified atom stereocenters. The van der Waals surface area contributed by atoms with E-state index >= 15 is 0 Å². The zero-order valence-corrected chi connectivity index (χ0v) is 10.1. The fourth-order valence-electron chi connectivity index (χ4n) is 2.99. The van der Waals surface area contributed by atoms with E-state index in [4.69, 9.17) is 9.47 Å². The summed E-state index contributed by atoms with van der Waals surface area (Å²) in [5.41, 5.74) is -0.500. The zero-order valence-electron chi connectivity index (χ0n) is 10.1. The van der Waals surface area contributed by atoms with E-state index in [1.54, 1.807) is 13.0 Å². The number of fused-ring (bicyclic) bond motifs is 2. The first-order valence-electron chi connectivity index (χ1n) is 6.15. The van der Waals surface area contributed by atoms with Gasteiger partial charge in [0.1, 0.15) is 0 Å². The number of hydrogen-bond donors (Lipinski definition) is 2. The van der Waals surface area contributed by atoms with Crippen molar-refractivity contribution in [1.82, 2.24) is 0 Å². The highest BCUT2D eigenvalue weighted by Crippen LogP contribution is 2.46. The highest BCUT2D eigenvalue weighted by Gasteiger charge is 2.52. The molecular weight excluding hydrogens is 236 g/mol. The minimum absolute atomic E-state index is 0.0129. The molecule has 1 aliphatic carbocycles. The Kier molecular flexibility index (Phi) is 2.59. The van der Waals surface area contributed by atoms with Crippen molar-refractivity contribution in [1.29, 1.82) is 0 Å². The van der Waals surface area contributed by atoms with Crippen LogP contribution in [0, 0.1) is 11.8 Å². The smallest absolute Gasteiger partial charge is 0.337 e. The molecule has 0 aromatic rings. The molecule has 1 spiro atoms. The van der Waals surface area contributed by atoms with Gasteiger partial charge in [-0.15, -0.1) is 0 Å². The molecule has 18 heavy (non-hydrogen) atoms. The minimum atomic E-state index is -0.834. The van der Waals surface area contributed by atoms with Gasteiger partial charge >= 0.3 is 5.97 Å². The first kappa shape index (κ1) is 11.9. The maximum absolute atomic E-state index is 11.7. The van der Waals surface area contributed by atoms with Gasteiger partial charge in [-0.25, -0.2) is 4.79 Å². The number of allylic oxidation sites excluding steroid dienone is 1. The number of carbonyl (C=O) groups is 1. The highest BCUT2D eigenvalue weighted by atomic mass is 16.6. The molecule has 3 aliphatic rings. The fourth-order valence-corrected chi connectivity index (χ4v) is 2.99. The molecule has 1 fully saturated rings. The van der Waals surface area contributed by atoms with Crippen LogP contribution >= 0.6 is 0 Å². The molecule has 2 heterocycles. The lowest BCUT2D eigenvalue weighted by Gasteiger charge is -2.36. The quantitative estimate of drug-likeness (QED) is 0.512. The summed E-state index contributed by atoms with van der Waals surface area (Å²) in [6.45, 7) is 1.89. The third-order valence-electron chi connectivity index (χ3n) is 3.98. The Hall–Kier alpha value is -1.17. The topological polar surface area (TPSA) is 76.0 Å². The number of hydrogen-bond acceptors (Lipinski definition) is 5. The van der Waals surface area contributed by atoms with Gasteiger partial charge in [-0.05, 0) is 25.0 Å². The van der Waals surface area contributed by atoms with Crippen molar-refractivity contribution >= 4 is 5.97 Å². The third-order valence-corrected chi connectivity index (χ3v) is 3.98. The van der Waals surface area contributed by atoms with E-state index in [0.717, 1.165) is 0 Å². The van der Waals surface area contributed by atoms with Crippen LogP contribution in [0.15, 0.2) is 23.8 Å². The lowest BCUT2D eigenvalue weighted by molar-refractivity contribution is -0.177. The monoisotopic (exact) mass is 252 g/mol. The number of aliphatic hydroxyl groups excluding tert-OH is 2. The Morgan fingerprint density at radius 3 is 3.00 bits per heavy atom. The Morgan fingerprint density at radius 2 is 2.33 bits per heavy atom. The van der Waals surface area contributed by atoms with Crippen molar-refractivity contribution in [2.24, 2.45) is 11.8 Å². The molecular formula is C13H16O5. The molecule has 2 N–H and O–H groups in total. The molecule has 2 aliphatic heterocycles. The van der Waals surface area contributed by atoms with Crippen molar-refractivity contribution in [2.75, 3.05) is 6.61 Å². The summed E-state index contributed by atoms with van der Waals surface area (Å²) in [6.07, 6.45) is 4.44. The number of esters is 1. The van der Waals surface area contributed by atoms with E-state index in [1.165, 1.54) is 0 Å². The Morgan fingerprint density at radius 1 is 1.56 bits per heavy atom. The predicted molar refractivity (Wildman–Crippen MR) is 61.3 cm³/mol. The van der Waals surface area contributed by atoms with Gasteiger partial charge in [0.15, 0.2) is 11.9 Å². The van der Waals surface area contributed by atoms with E-state index in [2.05, 4.69) is 0 Å². The molecule has 5 nitrogen and oxygen atoms in total. The number of ether oxygens (including phenoxy) is 2. The maximum atomic E-state index is 11.7. The van der Waals surface area contributed by atoms with Crippen molar-refractivity contribution in [3.8, 4) is 0 Å². The van der Waals surface area contributed by atoms with Gasteiger partial charge in [-0.3, -0.25) is 0 Å². The second-order valence-electron chi connectivity index (χ2n) is 5.17. The number of carbonyl (C=O) groups excluding carboxylic acids is 1. The summed E-state index contributed by atoms with van der Waals surface area (Å²) in [4.78, 5) is 11.7. The molecule has 98 valence electrons. The van der Waals surface area contributed by atoms with Gasteiger partial charge in [0, 0.05) is 12.3 Å². The van der Waals surface area contributed by atoms with Crippen LogP contribution in [0.25, 0.3) is 0 Å². The number of rotatable bonds is 1. The maximum Gasteiger partial charge on any atom is 0.337 e. The standard InChI is InChI=1S/C13H16O5/c1-7(14)9-5-13(18-12(9)16)3-2-8-4-11(15)17-6-10(8)13/h2-3,5,7-8,10-11,14-15H,4,6H2,1H3/t7-,8-,10+,11-,13-/m0/s1. The van der Waals surface area contributed by atoms with Crippen molar-refractivity contribution in [3.63, 3.8) is 0 Å². The van der Waals surface area contributed by atoms with E-state index in [9.17, 15) is 15.0 Å². The van der Waals surface area contributed by atoms with Crippen LogP contribution < -0.4 is 0 Å². The molecule has 5 atom stereocenters. The molecule has 0 amide bonds. The van der Waals surface area contributed by atoms with Gasteiger partial charge in [0.05, 0.1) is 18.3 Å². The number of aliphatic hydroxyl groups is 2. The van der Waals surface area contributed by atoms with Crippen LogP contribution in [-0.4, -0.2) is 40.8 Å². The van der Waals surface area contributed by atoms with Gasteiger partial charge in [-0.1, -0.05) is 6.08 Å². The lowest BCUT2D eigenvalue weighted by atomic mass is 9.81. The largest absolute Gasteiger partial charge is 0.447 e. The fraction of sp³-hybridized carbons (Fsp3) is 0.615. The predicted octanol–water partition coefficient (Wildman–Crippen LogP) is 0.130. The Balaban J connectivity index is 1.90. The molecule has 0 aromatic heterocycles. The first-order valence-corrected chi connectivity index (χ1v) is 6.15. The minimum Gasteiger partial charge on any atom is -0.447 e. The van der Waals surface area contributed by atoms with E-state index < -0.39 is 24.0 Å². The van der Waals surface area contributed by atoms with Gasteiger partial charge in [-0.2, -0.15) is 0 Å². The molecule has 5 heteroatoms. The summed E-state index contributed by atoms with van der Waals surface area (Å²) in [7, 11) is 0. The molecule has 0 radical (unpaired) electrons. The lowest BCUT2D eigenvalue weighted by Crippen LogP contribution is -2.43. The Bertz CT molecular complexity index is 439. The van der Waals surface area contributed by atoms with Crippen LogP contribution in [0.2, 0.25) is 0 Å². The van der Waals surface area contributed by atoms with E-state index in [-0.39, 0.29) is 11.8 Å². The summed E-state index contributed by atoms with van der Waals surface area (Å²) in [5.74, 6) is -0.339. The zero-order chi connectivity index (χ0) is 12.9. The SMILES string of the molecule is C[C@H](O)C1=C[C@]2(C=C[C@H]3C[C@@H](O)OC[C@H]32)OC1=O. The Labute approximate surface area is 105 Å². The van der Waals surface area contributed by atoms with Crippen LogP contribution in [0.5, 0.6) is 0 Å². The second-order valence-corrected chi connectivity index (χ2v) is 5.17. The summed E-state index contributed by atoms with van der Waals surface area (Å²) in [5, 5.41) is 19.0. The molecule has 1 saturated heterocycles. The van der Waals surface area contributed by atoms with E-state index in [0.29, 0.717) is 18.6 Å². The van der Waals surface area contributed by atoms with Gasteiger partial charge in [0.25, 0.3) is 0 Å². The van der Waals surface area contributed by atoms with Gasteiger partial charge < -0.3 is 19.7 Å². The first-order chi connectivity index (χ1) is 8.52. The molecule has 0 saturated carbocycles. The van der Waals surface area contributed by atoms with E-state index in [1.807, 2.05) is 12.2 Å². The summed E-state index contributed by atoms with van der Waals surface area (Å²) < 4.78 is 10.7. The van der Waals surface area contributed by atoms with Crippen LogP contribution in [0.4, 0.5) is 0 Å².